The highest BCUT2D eigenvalue weighted by molar-refractivity contribution is 5.76. The molecule has 17 heavy (non-hydrogen) atoms. The molecule has 0 radical (unpaired) electrons. The van der Waals surface area contributed by atoms with Crippen molar-refractivity contribution in [2.45, 2.75) is 26.2 Å². The van der Waals surface area contributed by atoms with Crippen LogP contribution >= 0.6 is 0 Å². The second kappa shape index (κ2) is 9.24. The number of carbonyl (C=O) groups is 1. The number of amides is 2. The average Bonchev–Trinajstić information content (AvgIpc) is 2.73. The van der Waals surface area contributed by atoms with Crippen LogP contribution in [0.5, 0.6) is 0 Å². The first-order chi connectivity index (χ1) is 8.34. The molecule has 0 spiro atoms. The Hall–Kier alpha value is -0.810. The van der Waals surface area contributed by atoms with Crippen molar-refractivity contribution in [3.05, 3.63) is 0 Å². The maximum absolute atomic E-state index is 11.2. The Kier molecular flexibility index (Phi) is 7.75. The zero-order chi connectivity index (χ0) is 12.3. The predicted molar refractivity (Wildman–Crippen MR) is 68.2 cm³/mol. The van der Waals surface area contributed by atoms with E-state index in [1.165, 1.54) is 6.42 Å². The van der Waals surface area contributed by atoms with Crippen molar-refractivity contribution in [3.63, 3.8) is 0 Å². The van der Waals surface area contributed by atoms with Crippen molar-refractivity contribution >= 4 is 6.03 Å². The molecule has 1 rings (SSSR count). The van der Waals surface area contributed by atoms with E-state index in [0.717, 1.165) is 58.8 Å². The van der Waals surface area contributed by atoms with Crippen molar-refractivity contribution in [2.24, 2.45) is 0 Å². The number of urea groups is 1. The van der Waals surface area contributed by atoms with Gasteiger partial charge in [-0.25, -0.2) is 4.79 Å². The van der Waals surface area contributed by atoms with Crippen molar-refractivity contribution in [2.75, 3.05) is 45.9 Å². The third kappa shape index (κ3) is 6.48. The van der Waals surface area contributed by atoms with Gasteiger partial charge in [-0.3, -0.25) is 0 Å². The molecule has 5 nitrogen and oxygen atoms in total. The first-order valence-corrected chi connectivity index (χ1v) is 6.66. The van der Waals surface area contributed by atoms with Gasteiger partial charge in [-0.05, 0) is 19.4 Å². The fraction of sp³-hybridized carbons (Fsp3) is 0.917. The molecule has 0 aromatic carbocycles. The minimum absolute atomic E-state index is 0.0645. The number of rotatable bonds is 10. The molecule has 100 valence electrons. The van der Waals surface area contributed by atoms with E-state index in [1.54, 1.807) is 0 Å². The fourth-order valence-electron chi connectivity index (χ4n) is 1.71. The molecule has 1 aliphatic heterocycles. The third-order valence-corrected chi connectivity index (χ3v) is 2.79. The number of hydrogen-bond acceptors (Lipinski definition) is 3. The van der Waals surface area contributed by atoms with Crippen LogP contribution in [-0.2, 0) is 4.74 Å². The van der Waals surface area contributed by atoms with Gasteiger partial charge in [-0.2, -0.15) is 0 Å². The molecule has 0 bridgehead atoms. The SMILES string of the molecule is CCCCOCCCNCCN1CCNC1=O. The number of nitrogens with zero attached hydrogens (tertiary/aromatic N) is 1. The Morgan fingerprint density at radius 1 is 1.35 bits per heavy atom. The van der Waals surface area contributed by atoms with Crippen molar-refractivity contribution in [1.82, 2.24) is 15.5 Å². The zero-order valence-corrected chi connectivity index (χ0v) is 10.8. The van der Waals surface area contributed by atoms with Gasteiger partial charge < -0.3 is 20.3 Å². The van der Waals surface area contributed by atoms with E-state index < -0.39 is 0 Å². The van der Waals surface area contributed by atoms with Crippen molar-refractivity contribution in [3.8, 4) is 0 Å². The highest BCUT2D eigenvalue weighted by atomic mass is 16.5. The van der Waals surface area contributed by atoms with E-state index in [1.807, 2.05) is 4.90 Å². The van der Waals surface area contributed by atoms with Crippen LogP contribution in [-0.4, -0.2) is 56.9 Å². The first-order valence-electron chi connectivity index (χ1n) is 6.66. The maximum Gasteiger partial charge on any atom is 0.317 e. The number of nitrogens with one attached hydrogen (secondary N) is 2. The monoisotopic (exact) mass is 243 g/mol. The Bertz CT molecular complexity index is 212. The Balaban J connectivity index is 1.80. The maximum atomic E-state index is 11.2. The molecule has 2 N–H and O–H groups in total. The molecule has 1 aliphatic rings. The van der Waals surface area contributed by atoms with Gasteiger partial charge in [0.25, 0.3) is 0 Å². The summed E-state index contributed by atoms with van der Waals surface area (Å²) in [6, 6.07) is 0.0645. The van der Waals surface area contributed by atoms with Gasteiger partial charge in [0.15, 0.2) is 0 Å². The van der Waals surface area contributed by atoms with E-state index in [-0.39, 0.29) is 6.03 Å². The highest BCUT2D eigenvalue weighted by Crippen LogP contribution is 1.94. The van der Waals surface area contributed by atoms with Crippen LogP contribution in [0.3, 0.4) is 0 Å². The third-order valence-electron chi connectivity index (χ3n) is 2.79. The molecule has 0 unspecified atom stereocenters. The summed E-state index contributed by atoms with van der Waals surface area (Å²) in [6.45, 7) is 8.11. The molecule has 2 amide bonds. The number of ether oxygens (including phenoxy) is 1. The van der Waals surface area contributed by atoms with Gasteiger partial charge in [-0.1, -0.05) is 13.3 Å². The van der Waals surface area contributed by atoms with E-state index >= 15 is 0 Å². The lowest BCUT2D eigenvalue weighted by Crippen LogP contribution is -2.35. The Morgan fingerprint density at radius 2 is 2.18 bits per heavy atom. The van der Waals surface area contributed by atoms with Gasteiger partial charge >= 0.3 is 6.03 Å². The topological polar surface area (TPSA) is 53.6 Å². The summed E-state index contributed by atoms with van der Waals surface area (Å²) in [4.78, 5) is 13.0. The molecule has 1 fully saturated rings. The molecule has 0 aromatic rings. The minimum Gasteiger partial charge on any atom is -0.381 e. The van der Waals surface area contributed by atoms with Crippen molar-refractivity contribution < 1.29 is 9.53 Å². The van der Waals surface area contributed by atoms with Crippen LogP contribution in [0.15, 0.2) is 0 Å². The largest absolute Gasteiger partial charge is 0.381 e. The number of hydrogen-bond donors (Lipinski definition) is 2. The normalized spacial score (nSPS) is 15.4. The average molecular weight is 243 g/mol. The van der Waals surface area contributed by atoms with E-state index in [9.17, 15) is 4.79 Å². The summed E-state index contributed by atoms with van der Waals surface area (Å²) in [6.07, 6.45) is 3.38. The highest BCUT2D eigenvalue weighted by Gasteiger charge is 2.17. The van der Waals surface area contributed by atoms with Crippen LogP contribution in [0.4, 0.5) is 4.79 Å². The van der Waals surface area contributed by atoms with Gasteiger partial charge in [0.05, 0.1) is 0 Å². The standard InChI is InChI=1S/C12H25N3O2/c1-2-3-10-17-11-4-5-13-6-8-15-9-7-14-12(15)16/h13H,2-11H2,1H3,(H,14,16). The molecular formula is C12H25N3O2. The summed E-state index contributed by atoms with van der Waals surface area (Å²) in [5.41, 5.74) is 0. The summed E-state index contributed by atoms with van der Waals surface area (Å²) >= 11 is 0. The lowest BCUT2D eigenvalue weighted by atomic mass is 10.3. The van der Waals surface area contributed by atoms with E-state index in [0.29, 0.717) is 0 Å². The summed E-state index contributed by atoms with van der Waals surface area (Å²) in [5.74, 6) is 0. The van der Waals surface area contributed by atoms with Crippen molar-refractivity contribution in [1.29, 1.82) is 0 Å². The van der Waals surface area contributed by atoms with Gasteiger partial charge in [0.1, 0.15) is 0 Å². The van der Waals surface area contributed by atoms with Crippen LogP contribution in [0.1, 0.15) is 26.2 Å². The van der Waals surface area contributed by atoms with Crippen LogP contribution in [0.25, 0.3) is 0 Å². The molecule has 0 aromatic heterocycles. The molecule has 0 aliphatic carbocycles. The van der Waals surface area contributed by atoms with Gasteiger partial charge in [-0.15, -0.1) is 0 Å². The minimum atomic E-state index is 0.0645. The summed E-state index contributed by atoms with van der Waals surface area (Å²) < 4.78 is 5.46. The quantitative estimate of drug-likeness (QED) is 0.558. The molecular weight excluding hydrogens is 218 g/mol. The van der Waals surface area contributed by atoms with Gasteiger partial charge in [0.2, 0.25) is 0 Å². The van der Waals surface area contributed by atoms with Crippen LogP contribution < -0.4 is 10.6 Å². The number of carbonyl (C=O) groups excluding carboxylic acids is 1. The predicted octanol–water partition coefficient (Wildman–Crippen LogP) is 0.808. The molecule has 5 heteroatoms. The van der Waals surface area contributed by atoms with Crippen LogP contribution in [0.2, 0.25) is 0 Å². The van der Waals surface area contributed by atoms with Crippen LogP contribution in [0, 0.1) is 0 Å². The molecule has 0 saturated carbocycles. The molecule has 1 saturated heterocycles. The second-order valence-corrected chi connectivity index (χ2v) is 4.29. The lowest BCUT2D eigenvalue weighted by Gasteiger charge is -2.14. The van der Waals surface area contributed by atoms with Gasteiger partial charge in [0, 0.05) is 39.4 Å². The first kappa shape index (κ1) is 14.3. The van der Waals surface area contributed by atoms with E-state index in [2.05, 4.69) is 17.6 Å². The zero-order valence-electron chi connectivity index (χ0n) is 10.8. The van der Waals surface area contributed by atoms with E-state index in [4.69, 9.17) is 4.74 Å². The lowest BCUT2D eigenvalue weighted by molar-refractivity contribution is 0.128. The molecule has 0 atom stereocenters. The Morgan fingerprint density at radius 3 is 2.88 bits per heavy atom. The smallest absolute Gasteiger partial charge is 0.317 e. The summed E-state index contributed by atoms with van der Waals surface area (Å²) in [7, 11) is 0. The molecule has 1 heterocycles. The number of unbranched alkanes of at least 4 members (excludes halogenated alkanes) is 1. The Labute approximate surface area is 104 Å². The second-order valence-electron chi connectivity index (χ2n) is 4.29. The summed E-state index contributed by atoms with van der Waals surface area (Å²) in [5, 5.41) is 6.11. The fourth-order valence-corrected chi connectivity index (χ4v) is 1.71.